The number of carbonyl (C=O) groups excluding carboxylic acids is 1. The van der Waals surface area contributed by atoms with Gasteiger partial charge in [-0.05, 0) is 36.4 Å². The lowest BCUT2D eigenvalue weighted by atomic mass is 10.2. The summed E-state index contributed by atoms with van der Waals surface area (Å²) in [7, 11) is 0. The van der Waals surface area contributed by atoms with Gasteiger partial charge >= 0.3 is 0 Å². The molecular weight excluding hydrogens is 402 g/mol. The minimum absolute atomic E-state index is 0.0327. The lowest BCUT2D eigenvalue weighted by Crippen LogP contribution is -2.29. The molecule has 4 aromatic rings. The first-order chi connectivity index (χ1) is 14.3. The van der Waals surface area contributed by atoms with Crippen molar-refractivity contribution in [1.82, 2.24) is 10.2 Å². The van der Waals surface area contributed by atoms with Crippen LogP contribution in [0.5, 0.6) is 0 Å². The zero-order valence-corrected chi connectivity index (χ0v) is 16.8. The van der Waals surface area contributed by atoms with E-state index in [9.17, 15) is 4.79 Å². The first-order valence-electron chi connectivity index (χ1n) is 9.00. The Morgan fingerprint density at radius 1 is 0.862 bits per heavy atom. The maximum atomic E-state index is 13.2. The number of nitrogens with zero attached hydrogens (tertiary/aromatic N) is 3. The molecule has 0 unspecified atom stereocenters. The van der Waals surface area contributed by atoms with Gasteiger partial charge in [0.25, 0.3) is 5.22 Å². The average Bonchev–Trinajstić information content (AvgIpc) is 3.25. The second-order valence-corrected chi connectivity index (χ2v) is 8.30. The van der Waals surface area contributed by atoms with Gasteiger partial charge in [0, 0.05) is 15.4 Å². The second-order valence-electron chi connectivity index (χ2n) is 6.29. The molecular formula is C22H15N3O2S2. The maximum Gasteiger partial charge on any atom is 0.277 e. The first kappa shape index (κ1) is 18.0. The second kappa shape index (κ2) is 7.77. The fourth-order valence-corrected chi connectivity index (χ4v) is 4.80. The summed E-state index contributed by atoms with van der Waals surface area (Å²) in [5.74, 6) is 0.615. The van der Waals surface area contributed by atoms with Crippen molar-refractivity contribution in [3.05, 3.63) is 78.9 Å². The Hall–Kier alpha value is -3.03. The van der Waals surface area contributed by atoms with Crippen LogP contribution in [0.1, 0.15) is 0 Å². The van der Waals surface area contributed by atoms with E-state index >= 15 is 0 Å². The largest absolute Gasteiger partial charge is 0.411 e. The number of thioether (sulfide) groups is 1. The number of hydrogen-bond acceptors (Lipinski definition) is 6. The van der Waals surface area contributed by atoms with Crippen molar-refractivity contribution >= 4 is 40.8 Å². The zero-order chi connectivity index (χ0) is 19.6. The smallest absolute Gasteiger partial charge is 0.277 e. The molecule has 0 atom stereocenters. The summed E-state index contributed by atoms with van der Waals surface area (Å²) in [5, 5.41) is 8.53. The number of carbonyl (C=O) groups is 1. The number of hydrogen-bond donors (Lipinski definition) is 0. The number of benzene rings is 3. The van der Waals surface area contributed by atoms with Gasteiger partial charge in [-0.1, -0.05) is 66.0 Å². The molecule has 1 aromatic heterocycles. The summed E-state index contributed by atoms with van der Waals surface area (Å²) in [6.07, 6.45) is 0. The van der Waals surface area contributed by atoms with E-state index in [1.54, 1.807) is 16.7 Å². The lowest BCUT2D eigenvalue weighted by Gasteiger charge is -2.30. The Morgan fingerprint density at radius 2 is 1.48 bits per heavy atom. The van der Waals surface area contributed by atoms with E-state index in [4.69, 9.17) is 4.42 Å². The summed E-state index contributed by atoms with van der Waals surface area (Å²) in [4.78, 5) is 17.1. The monoisotopic (exact) mass is 417 g/mol. The van der Waals surface area contributed by atoms with Gasteiger partial charge in [-0.2, -0.15) is 0 Å². The molecule has 1 aliphatic rings. The van der Waals surface area contributed by atoms with Crippen molar-refractivity contribution in [3.8, 4) is 11.5 Å². The standard InChI is InChI=1S/C22H15N3O2S2/c26-20(14-28-22-24-23-21(27-22)15-8-2-1-3-9-15)25-16-10-4-6-12-18(16)29-19-13-7-5-11-17(19)25/h1-13H,14H2. The Labute approximate surface area is 176 Å². The van der Waals surface area contributed by atoms with Gasteiger partial charge in [-0.25, -0.2) is 0 Å². The number of amides is 1. The van der Waals surface area contributed by atoms with Crippen molar-refractivity contribution < 1.29 is 9.21 Å². The van der Waals surface area contributed by atoms with Gasteiger partial charge in [0.05, 0.1) is 17.1 Å². The molecule has 5 nitrogen and oxygen atoms in total. The molecule has 7 heteroatoms. The predicted molar refractivity (Wildman–Crippen MR) is 115 cm³/mol. The van der Waals surface area contributed by atoms with Crippen molar-refractivity contribution in [1.29, 1.82) is 0 Å². The molecule has 0 saturated heterocycles. The first-order valence-corrected chi connectivity index (χ1v) is 10.8. The van der Waals surface area contributed by atoms with E-state index < -0.39 is 0 Å². The van der Waals surface area contributed by atoms with Crippen LogP contribution in [0.25, 0.3) is 11.5 Å². The van der Waals surface area contributed by atoms with Crippen LogP contribution in [0.3, 0.4) is 0 Å². The van der Waals surface area contributed by atoms with Crippen molar-refractivity contribution in [3.63, 3.8) is 0 Å². The quantitative estimate of drug-likeness (QED) is 0.400. The summed E-state index contributed by atoms with van der Waals surface area (Å²) in [5.41, 5.74) is 2.66. The van der Waals surface area contributed by atoms with Gasteiger partial charge in [0.2, 0.25) is 11.8 Å². The van der Waals surface area contributed by atoms with Crippen molar-refractivity contribution in [2.75, 3.05) is 10.7 Å². The molecule has 2 heterocycles. The summed E-state index contributed by atoms with van der Waals surface area (Å²) >= 11 is 2.93. The van der Waals surface area contributed by atoms with Crippen LogP contribution in [-0.4, -0.2) is 21.9 Å². The fourth-order valence-electron chi connectivity index (χ4n) is 3.13. The molecule has 0 saturated carbocycles. The minimum atomic E-state index is -0.0327. The lowest BCUT2D eigenvalue weighted by molar-refractivity contribution is -0.115. The number of rotatable bonds is 4. The summed E-state index contributed by atoms with van der Waals surface area (Å²) in [6.45, 7) is 0. The Kier molecular flexibility index (Phi) is 4.83. The van der Waals surface area contributed by atoms with Crippen LogP contribution < -0.4 is 4.90 Å². The highest BCUT2D eigenvalue weighted by Crippen LogP contribution is 2.48. The summed E-state index contributed by atoms with van der Waals surface area (Å²) < 4.78 is 5.71. The number of anilines is 2. The highest BCUT2D eigenvalue weighted by molar-refractivity contribution is 8.00. The zero-order valence-electron chi connectivity index (χ0n) is 15.2. The van der Waals surface area contributed by atoms with Crippen molar-refractivity contribution in [2.24, 2.45) is 0 Å². The third-order valence-electron chi connectivity index (χ3n) is 4.43. The molecule has 0 bridgehead atoms. The molecule has 5 rings (SSSR count). The Morgan fingerprint density at radius 3 is 2.17 bits per heavy atom. The predicted octanol–water partition coefficient (Wildman–Crippen LogP) is 5.66. The number of fused-ring (bicyclic) bond motifs is 2. The average molecular weight is 418 g/mol. The molecule has 0 spiro atoms. The molecule has 1 aliphatic heterocycles. The SMILES string of the molecule is O=C(CSc1nnc(-c2ccccc2)o1)N1c2ccccc2Sc2ccccc21. The fraction of sp³-hybridized carbons (Fsp3) is 0.0455. The van der Waals surface area contributed by atoms with Crippen LogP contribution in [0.2, 0.25) is 0 Å². The van der Waals surface area contributed by atoms with Gasteiger partial charge < -0.3 is 4.42 Å². The van der Waals surface area contributed by atoms with Gasteiger partial charge in [-0.15, -0.1) is 10.2 Å². The Balaban J connectivity index is 1.37. The molecule has 3 aromatic carbocycles. The molecule has 1 amide bonds. The molecule has 0 radical (unpaired) electrons. The number of aromatic nitrogens is 2. The minimum Gasteiger partial charge on any atom is -0.411 e. The highest BCUT2D eigenvalue weighted by atomic mass is 32.2. The normalized spacial score (nSPS) is 12.3. The topological polar surface area (TPSA) is 59.2 Å². The van der Waals surface area contributed by atoms with Crippen LogP contribution in [-0.2, 0) is 4.79 Å². The van der Waals surface area contributed by atoms with Gasteiger partial charge in [0.1, 0.15) is 0 Å². The van der Waals surface area contributed by atoms with Crippen LogP contribution in [0.15, 0.2) is 98.3 Å². The molecule has 142 valence electrons. The van der Waals surface area contributed by atoms with E-state index in [0.29, 0.717) is 11.1 Å². The number of para-hydroxylation sites is 2. The van der Waals surface area contributed by atoms with Crippen molar-refractivity contribution in [2.45, 2.75) is 15.0 Å². The van der Waals surface area contributed by atoms with E-state index in [-0.39, 0.29) is 11.7 Å². The third kappa shape index (κ3) is 3.54. The maximum absolute atomic E-state index is 13.2. The molecule has 0 aliphatic carbocycles. The van der Waals surface area contributed by atoms with Crippen LogP contribution in [0, 0.1) is 0 Å². The Bertz CT molecular complexity index is 1130. The highest BCUT2D eigenvalue weighted by Gasteiger charge is 2.28. The van der Waals surface area contributed by atoms with Gasteiger partial charge in [0.15, 0.2) is 0 Å². The van der Waals surface area contributed by atoms with Crippen LogP contribution in [0.4, 0.5) is 11.4 Å². The van der Waals surface area contributed by atoms with E-state index in [1.165, 1.54) is 11.8 Å². The van der Waals surface area contributed by atoms with Gasteiger partial charge in [-0.3, -0.25) is 9.69 Å². The third-order valence-corrected chi connectivity index (χ3v) is 6.36. The molecule has 0 fully saturated rings. The molecule has 29 heavy (non-hydrogen) atoms. The van der Waals surface area contributed by atoms with E-state index in [0.717, 1.165) is 26.7 Å². The molecule has 0 N–H and O–H groups in total. The van der Waals surface area contributed by atoms with Crippen LogP contribution >= 0.6 is 23.5 Å². The van der Waals surface area contributed by atoms with E-state index in [1.807, 2.05) is 78.9 Å². The van der Waals surface area contributed by atoms with E-state index in [2.05, 4.69) is 10.2 Å². The summed E-state index contributed by atoms with van der Waals surface area (Å²) in [6, 6.07) is 25.5.